The van der Waals surface area contributed by atoms with Crippen molar-refractivity contribution in [3.63, 3.8) is 0 Å². The summed E-state index contributed by atoms with van der Waals surface area (Å²) in [5.41, 5.74) is 2.76. The smallest absolute Gasteiger partial charge is 0.253 e. The lowest BCUT2D eigenvalue weighted by Crippen LogP contribution is -2.50. The Morgan fingerprint density at radius 2 is 1.82 bits per heavy atom. The maximum Gasteiger partial charge on any atom is 0.253 e. The number of hydrogen-bond donors (Lipinski definition) is 1. The zero-order valence-electron chi connectivity index (χ0n) is 16.0. The van der Waals surface area contributed by atoms with Gasteiger partial charge in [0.2, 0.25) is 5.91 Å². The fourth-order valence-electron chi connectivity index (χ4n) is 3.51. The molecule has 0 spiro atoms. The first-order valence-corrected chi connectivity index (χ1v) is 10.2. The van der Waals surface area contributed by atoms with E-state index in [1.54, 1.807) is 12.1 Å². The van der Waals surface area contributed by atoms with Crippen molar-refractivity contribution in [1.82, 2.24) is 10.2 Å². The number of carbonyl (C=O) groups is 2. The Morgan fingerprint density at radius 1 is 1.11 bits per heavy atom. The van der Waals surface area contributed by atoms with Gasteiger partial charge < -0.3 is 10.2 Å². The van der Waals surface area contributed by atoms with E-state index < -0.39 is 6.04 Å². The van der Waals surface area contributed by atoms with Crippen molar-refractivity contribution in [2.24, 2.45) is 5.92 Å². The second kappa shape index (κ2) is 8.97. The summed E-state index contributed by atoms with van der Waals surface area (Å²) in [5.74, 6) is -0.160. The Kier molecular flexibility index (Phi) is 6.63. The number of halogens is 2. The predicted molar refractivity (Wildman–Crippen MR) is 113 cm³/mol. The van der Waals surface area contributed by atoms with Gasteiger partial charge in [-0.05, 0) is 48.1 Å². The number of amides is 2. The maximum atomic E-state index is 13.2. The van der Waals surface area contributed by atoms with Crippen LogP contribution in [-0.4, -0.2) is 29.3 Å². The molecule has 1 unspecified atom stereocenters. The lowest BCUT2D eigenvalue weighted by Gasteiger charge is -2.32. The number of nitrogens with one attached hydrogen (secondary N) is 1. The van der Waals surface area contributed by atoms with Crippen LogP contribution in [0.2, 0.25) is 10.0 Å². The van der Waals surface area contributed by atoms with Crippen LogP contribution >= 0.6 is 23.2 Å². The largest absolute Gasteiger partial charge is 0.340 e. The molecule has 0 saturated heterocycles. The molecule has 3 rings (SSSR count). The molecular weight excluding hydrogens is 395 g/mol. The zero-order valence-corrected chi connectivity index (χ0v) is 17.6. The second-order valence-corrected chi connectivity index (χ2v) is 8.40. The Hall–Kier alpha value is -2.04. The highest BCUT2D eigenvalue weighted by Gasteiger charge is 2.29. The summed E-state index contributed by atoms with van der Waals surface area (Å²) < 4.78 is 0. The quantitative estimate of drug-likeness (QED) is 0.762. The molecule has 0 radical (unpaired) electrons. The molecule has 1 atom stereocenters. The molecule has 2 aromatic rings. The van der Waals surface area contributed by atoms with E-state index in [0.29, 0.717) is 30.1 Å². The Labute approximate surface area is 175 Å². The lowest BCUT2D eigenvalue weighted by atomic mass is 9.97. The highest BCUT2D eigenvalue weighted by molar-refractivity contribution is 6.36. The van der Waals surface area contributed by atoms with E-state index in [4.69, 9.17) is 23.2 Å². The van der Waals surface area contributed by atoms with Crippen molar-refractivity contribution < 1.29 is 9.59 Å². The molecular formula is C22H24Cl2N2O2. The number of fused-ring (bicyclic) bond motifs is 1. The van der Waals surface area contributed by atoms with Gasteiger partial charge in [-0.1, -0.05) is 61.3 Å². The minimum Gasteiger partial charge on any atom is -0.340 e. The summed E-state index contributed by atoms with van der Waals surface area (Å²) in [4.78, 5) is 27.8. The molecule has 1 aliphatic heterocycles. The zero-order chi connectivity index (χ0) is 20.3. The third-order valence-corrected chi connectivity index (χ3v) is 5.48. The number of benzene rings is 2. The number of rotatable bonds is 5. The van der Waals surface area contributed by atoms with Gasteiger partial charge in [0, 0.05) is 18.1 Å². The van der Waals surface area contributed by atoms with Crippen molar-refractivity contribution in [1.29, 1.82) is 0 Å². The molecule has 28 heavy (non-hydrogen) atoms. The molecule has 2 amide bonds. The Bertz CT molecular complexity index is 883. The van der Waals surface area contributed by atoms with E-state index in [1.807, 2.05) is 30.9 Å². The van der Waals surface area contributed by atoms with Crippen LogP contribution < -0.4 is 5.32 Å². The normalized spacial score (nSPS) is 14.5. The van der Waals surface area contributed by atoms with Gasteiger partial charge in [-0.2, -0.15) is 0 Å². The van der Waals surface area contributed by atoms with Crippen molar-refractivity contribution in [3.05, 3.63) is 69.2 Å². The molecule has 4 nitrogen and oxygen atoms in total. The summed E-state index contributed by atoms with van der Waals surface area (Å²) in [6.07, 6.45) is 1.39. The standard InChI is InChI=1S/C22H24Cl2N2O2/c1-14(2)11-20(25-21(27)18-8-7-17(23)12-19(18)24)22(28)26-10-9-15-5-3-4-6-16(15)13-26/h3-8,12,14,20H,9-11,13H2,1-2H3,(H,25,27). The number of carbonyl (C=O) groups excluding carboxylic acids is 2. The van der Waals surface area contributed by atoms with E-state index >= 15 is 0 Å². The average molecular weight is 419 g/mol. The second-order valence-electron chi connectivity index (χ2n) is 7.56. The number of hydrogen-bond acceptors (Lipinski definition) is 2. The summed E-state index contributed by atoms with van der Waals surface area (Å²) >= 11 is 12.1. The first-order chi connectivity index (χ1) is 13.3. The fraction of sp³-hybridized carbons (Fsp3) is 0.364. The first kappa shape index (κ1) is 20.7. The van der Waals surface area contributed by atoms with E-state index in [1.165, 1.54) is 11.6 Å². The van der Waals surface area contributed by atoms with Gasteiger partial charge in [-0.3, -0.25) is 9.59 Å². The van der Waals surface area contributed by atoms with Crippen LogP contribution in [0.15, 0.2) is 42.5 Å². The average Bonchev–Trinajstić information content (AvgIpc) is 2.66. The third kappa shape index (κ3) is 4.86. The van der Waals surface area contributed by atoms with E-state index in [2.05, 4.69) is 17.4 Å². The van der Waals surface area contributed by atoms with Crippen LogP contribution in [0.5, 0.6) is 0 Å². The highest BCUT2D eigenvalue weighted by atomic mass is 35.5. The SMILES string of the molecule is CC(C)CC(NC(=O)c1ccc(Cl)cc1Cl)C(=O)N1CCc2ccccc2C1. The van der Waals surface area contributed by atoms with E-state index in [-0.39, 0.29) is 22.8 Å². The van der Waals surface area contributed by atoms with E-state index in [0.717, 1.165) is 12.0 Å². The maximum absolute atomic E-state index is 13.2. The van der Waals surface area contributed by atoms with Gasteiger partial charge >= 0.3 is 0 Å². The van der Waals surface area contributed by atoms with Crippen molar-refractivity contribution in [2.75, 3.05) is 6.54 Å². The molecule has 0 aliphatic carbocycles. The monoisotopic (exact) mass is 418 g/mol. The van der Waals surface area contributed by atoms with Gasteiger partial charge in [0.1, 0.15) is 6.04 Å². The minimum atomic E-state index is -0.593. The van der Waals surface area contributed by atoms with Crippen molar-refractivity contribution in [3.8, 4) is 0 Å². The molecule has 2 aromatic carbocycles. The van der Waals surface area contributed by atoms with Gasteiger partial charge in [-0.25, -0.2) is 0 Å². The van der Waals surface area contributed by atoms with Crippen LogP contribution in [0.3, 0.4) is 0 Å². The fourth-order valence-corrected chi connectivity index (χ4v) is 4.00. The third-order valence-electron chi connectivity index (χ3n) is 4.93. The van der Waals surface area contributed by atoms with Crippen LogP contribution in [0.25, 0.3) is 0 Å². The Morgan fingerprint density at radius 3 is 2.50 bits per heavy atom. The van der Waals surface area contributed by atoms with Crippen molar-refractivity contribution >= 4 is 35.0 Å². The molecule has 0 fully saturated rings. The summed E-state index contributed by atoms with van der Waals surface area (Å²) in [6.45, 7) is 5.30. The Balaban J connectivity index is 1.76. The van der Waals surface area contributed by atoms with Gasteiger partial charge in [-0.15, -0.1) is 0 Å². The molecule has 6 heteroatoms. The molecule has 1 aliphatic rings. The van der Waals surface area contributed by atoms with Gasteiger partial charge in [0.15, 0.2) is 0 Å². The number of nitrogens with zero attached hydrogens (tertiary/aromatic N) is 1. The molecule has 0 aromatic heterocycles. The summed E-state index contributed by atoms with van der Waals surface area (Å²) in [6, 6.07) is 12.3. The van der Waals surface area contributed by atoms with Gasteiger partial charge in [0.05, 0.1) is 10.6 Å². The van der Waals surface area contributed by atoms with Crippen LogP contribution in [-0.2, 0) is 17.8 Å². The minimum absolute atomic E-state index is 0.0540. The topological polar surface area (TPSA) is 49.4 Å². The van der Waals surface area contributed by atoms with Gasteiger partial charge in [0.25, 0.3) is 5.91 Å². The molecule has 1 N–H and O–H groups in total. The highest BCUT2D eigenvalue weighted by Crippen LogP contribution is 2.23. The van der Waals surface area contributed by atoms with Crippen molar-refractivity contribution in [2.45, 2.75) is 39.3 Å². The molecule has 0 bridgehead atoms. The summed E-state index contributed by atoms with van der Waals surface area (Å²) in [5, 5.41) is 3.62. The lowest BCUT2D eigenvalue weighted by molar-refractivity contribution is -0.134. The predicted octanol–water partition coefficient (Wildman–Crippen LogP) is 4.72. The van der Waals surface area contributed by atoms with Crippen LogP contribution in [0.4, 0.5) is 0 Å². The molecule has 1 heterocycles. The summed E-state index contributed by atoms with van der Waals surface area (Å²) in [7, 11) is 0. The first-order valence-electron chi connectivity index (χ1n) is 9.46. The van der Waals surface area contributed by atoms with Crippen LogP contribution in [0.1, 0.15) is 41.8 Å². The van der Waals surface area contributed by atoms with Crippen LogP contribution in [0, 0.1) is 5.92 Å². The molecule has 148 valence electrons. The van der Waals surface area contributed by atoms with E-state index in [9.17, 15) is 9.59 Å². The molecule has 0 saturated carbocycles.